The first kappa shape index (κ1) is 9.59. The number of carboxylic acid groups (broad SMARTS) is 1. The first-order valence-corrected chi connectivity index (χ1v) is 5.45. The van der Waals surface area contributed by atoms with E-state index in [0.717, 1.165) is 4.90 Å². The SMILES string of the molecule is Cc1cc(C)c2c(c1)SC(C(=O)O)C2. The van der Waals surface area contributed by atoms with Crippen LogP contribution in [0.5, 0.6) is 0 Å². The molecule has 1 atom stereocenters. The predicted octanol–water partition coefficient (Wildman–Crippen LogP) is 2.40. The molecular weight excluding hydrogens is 196 g/mol. The van der Waals surface area contributed by atoms with Crippen molar-refractivity contribution < 1.29 is 9.90 Å². The normalized spacial score (nSPS) is 19.4. The summed E-state index contributed by atoms with van der Waals surface area (Å²) >= 11 is 1.47. The van der Waals surface area contributed by atoms with Gasteiger partial charge in [0.1, 0.15) is 5.25 Å². The highest BCUT2D eigenvalue weighted by Crippen LogP contribution is 2.39. The summed E-state index contributed by atoms with van der Waals surface area (Å²) in [7, 11) is 0. The van der Waals surface area contributed by atoms with Gasteiger partial charge in [-0.1, -0.05) is 6.07 Å². The fourth-order valence-electron chi connectivity index (χ4n) is 1.84. The van der Waals surface area contributed by atoms with Gasteiger partial charge in [0.2, 0.25) is 0 Å². The summed E-state index contributed by atoms with van der Waals surface area (Å²) in [5.74, 6) is -0.705. The summed E-state index contributed by atoms with van der Waals surface area (Å²) < 4.78 is 0. The number of hydrogen-bond donors (Lipinski definition) is 1. The Labute approximate surface area is 87.3 Å². The largest absolute Gasteiger partial charge is 0.480 e. The second-order valence-electron chi connectivity index (χ2n) is 3.71. The van der Waals surface area contributed by atoms with Gasteiger partial charge in [-0.05, 0) is 43.0 Å². The fraction of sp³-hybridized carbons (Fsp3) is 0.364. The van der Waals surface area contributed by atoms with Crippen LogP contribution < -0.4 is 0 Å². The average molecular weight is 208 g/mol. The highest BCUT2D eigenvalue weighted by atomic mass is 32.2. The number of rotatable bonds is 1. The molecule has 1 aromatic rings. The van der Waals surface area contributed by atoms with Crippen LogP contribution in [0.2, 0.25) is 0 Å². The van der Waals surface area contributed by atoms with E-state index in [0.29, 0.717) is 6.42 Å². The number of aryl methyl sites for hydroxylation is 2. The van der Waals surface area contributed by atoms with Crippen LogP contribution in [-0.4, -0.2) is 16.3 Å². The van der Waals surface area contributed by atoms with Crippen LogP contribution in [0, 0.1) is 13.8 Å². The lowest BCUT2D eigenvalue weighted by molar-refractivity contribution is -0.136. The highest BCUT2D eigenvalue weighted by molar-refractivity contribution is 8.01. The van der Waals surface area contributed by atoms with Crippen LogP contribution in [0.25, 0.3) is 0 Å². The molecule has 2 rings (SSSR count). The summed E-state index contributed by atoms with van der Waals surface area (Å²) in [6, 6.07) is 4.19. The number of thioether (sulfide) groups is 1. The minimum Gasteiger partial charge on any atom is -0.480 e. The highest BCUT2D eigenvalue weighted by Gasteiger charge is 2.28. The van der Waals surface area contributed by atoms with Crippen molar-refractivity contribution in [2.45, 2.75) is 30.4 Å². The van der Waals surface area contributed by atoms with Crippen molar-refractivity contribution in [2.24, 2.45) is 0 Å². The standard InChI is InChI=1S/C11H12O2S/c1-6-3-7(2)8-5-10(11(12)13)14-9(8)4-6/h3-4,10H,5H2,1-2H3,(H,12,13). The lowest BCUT2D eigenvalue weighted by Gasteiger charge is -2.03. The summed E-state index contributed by atoms with van der Waals surface area (Å²) in [6.45, 7) is 4.10. The van der Waals surface area contributed by atoms with E-state index in [1.165, 1.54) is 28.5 Å². The van der Waals surface area contributed by atoms with Gasteiger partial charge in [0, 0.05) is 4.90 Å². The van der Waals surface area contributed by atoms with Crippen LogP contribution in [-0.2, 0) is 11.2 Å². The van der Waals surface area contributed by atoms with E-state index in [4.69, 9.17) is 5.11 Å². The van der Waals surface area contributed by atoms with Crippen LogP contribution in [0.4, 0.5) is 0 Å². The molecule has 1 aliphatic heterocycles. The Balaban J connectivity index is 2.39. The monoisotopic (exact) mass is 208 g/mol. The molecule has 0 fully saturated rings. The number of benzene rings is 1. The van der Waals surface area contributed by atoms with E-state index in [2.05, 4.69) is 19.1 Å². The molecule has 0 bridgehead atoms. The molecular formula is C11H12O2S. The first-order valence-electron chi connectivity index (χ1n) is 4.57. The first-order chi connectivity index (χ1) is 6.58. The van der Waals surface area contributed by atoms with E-state index in [1.54, 1.807) is 0 Å². The summed E-state index contributed by atoms with van der Waals surface area (Å²) in [5, 5.41) is 8.64. The third-order valence-electron chi connectivity index (χ3n) is 2.51. The van der Waals surface area contributed by atoms with Gasteiger partial charge in [0.05, 0.1) is 0 Å². The van der Waals surface area contributed by atoms with Crippen molar-refractivity contribution in [3.8, 4) is 0 Å². The average Bonchev–Trinajstić information content (AvgIpc) is 2.47. The smallest absolute Gasteiger partial charge is 0.317 e. The van der Waals surface area contributed by atoms with E-state index in [1.807, 2.05) is 6.92 Å². The van der Waals surface area contributed by atoms with E-state index < -0.39 is 5.97 Å². The topological polar surface area (TPSA) is 37.3 Å². The van der Waals surface area contributed by atoms with Crippen molar-refractivity contribution >= 4 is 17.7 Å². The molecule has 0 radical (unpaired) electrons. The molecule has 3 heteroatoms. The third-order valence-corrected chi connectivity index (χ3v) is 3.78. The lowest BCUT2D eigenvalue weighted by Crippen LogP contribution is -2.14. The molecule has 1 aromatic carbocycles. The van der Waals surface area contributed by atoms with Gasteiger partial charge in [-0.15, -0.1) is 11.8 Å². The van der Waals surface area contributed by atoms with Crippen molar-refractivity contribution in [3.63, 3.8) is 0 Å². The second-order valence-corrected chi connectivity index (χ2v) is 4.95. The van der Waals surface area contributed by atoms with Crippen molar-refractivity contribution in [1.29, 1.82) is 0 Å². The number of fused-ring (bicyclic) bond motifs is 1. The number of carboxylic acids is 1. The molecule has 0 saturated carbocycles. The molecule has 1 aliphatic rings. The number of aliphatic carboxylic acids is 1. The Kier molecular flexibility index (Phi) is 2.27. The van der Waals surface area contributed by atoms with Gasteiger partial charge in [0.15, 0.2) is 0 Å². The Morgan fingerprint density at radius 2 is 2.21 bits per heavy atom. The van der Waals surface area contributed by atoms with E-state index >= 15 is 0 Å². The molecule has 0 aliphatic carbocycles. The van der Waals surface area contributed by atoms with Gasteiger partial charge in [-0.3, -0.25) is 4.79 Å². The van der Waals surface area contributed by atoms with Crippen molar-refractivity contribution in [1.82, 2.24) is 0 Å². The van der Waals surface area contributed by atoms with E-state index in [-0.39, 0.29) is 5.25 Å². The maximum atomic E-state index is 10.8. The zero-order chi connectivity index (χ0) is 10.3. The molecule has 0 aromatic heterocycles. The summed E-state index contributed by atoms with van der Waals surface area (Å²) in [6.07, 6.45) is 0.668. The Hall–Kier alpha value is -0.960. The molecule has 0 saturated heterocycles. The van der Waals surface area contributed by atoms with Crippen LogP contribution >= 0.6 is 11.8 Å². The van der Waals surface area contributed by atoms with Gasteiger partial charge >= 0.3 is 5.97 Å². The quantitative estimate of drug-likeness (QED) is 0.770. The zero-order valence-corrected chi connectivity index (χ0v) is 9.02. The zero-order valence-electron chi connectivity index (χ0n) is 8.20. The van der Waals surface area contributed by atoms with Crippen molar-refractivity contribution in [2.75, 3.05) is 0 Å². The van der Waals surface area contributed by atoms with E-state index in [9.17, 15) is 4.79 Å². The minimum absolute atomic E-state index is 0.287. The Morgan fingerprint density at radius 1 is 1.50 bits per heavy atom. The maximum absolute atomic E-state index is 10.8. The van der Waals surface area contributed by atoms with Gasteiger partial charge in [0.25, 0.3) is 0 Å². The molecule has 1 heterocycles. The van der Waals surface area contributed by atoms with Gasteiger partial charge in [-0.25, -0.2) is 0 Å². The summed E-state index contributed by atoms with van der Waals surface area (Å²) in [5.41, 5.74) is 3.64. The number of carbonyl (C=O) groups is 1. The molecule has 74 valence electrons. The Bertz CT molecular complexity index is 399. The van der Waals surface area contributed by atoms with Crippen molar-refractivity contribution in [3.05, 3.63) is 28.8 Å². The van der Waals surface area contributed by atoms with Gasteiger partial charge < -0.3 is 5.11 Å². The van der Waals surface area contributed by atoms with Gasteiger partial charge in [-0.2, -0.15) is 0 Å². The second kappa shape index (κ2) is 3.31. The van der Waals surface area contributed by atoms with Crippen LogP contribution in [0.15, 0.2) is 17.0 Å². The molecule has 1 unspecified atom stereocenters. The molecule has 1 N–H and O–H groups in total. The Morgan fingerprint density at radius 3 is 2.86 bits per heavy atom. The maximum Gasteiger partial charge on any atom is 0.317 e. The molecule has 14 heavy (non-hydrogen) atoms. The molecule has 2 nitrogen and oxygen atoms in total. The third kappa shape index (κ3) is 1.52. The molecule has 0 spiro atoms. The van der Waals surface area contributed by atoms with Crippen LogP contribution in [0.3, 0.4) is 0 Å². The minimum atomic E-state index is -0.705. The fourth-order valence-corrected chi connectivity index (χ4v) is 3.14. The predicted molar refractivity (Wildman–Crippen MR) is 56.9 cm³/mol. The molecule has 0 amide bonds. The summed E-state index contributed by atoms with van der Waals surface area (Å²) in [4.78, 5) is 12.0. The number of hydrogen-bond acceptors (Lipinski definition) is 2. The van der Waals surface area contributed by atoms with Crippen LogP contribution in [0.1, 0.15) is 16.7 Å². The lowest BCUT2D eigenvalue weighted by atomic mass is 10.0.